The summed E-state index contributed by atoms with van der Waals surface area (Å²) in [5, 5.41) is 9.29. The van der Waals surface area contributed by atoms with Gasteiger partial charge in [0.25, 0.3) is 0 Å². The van der Waals surface area contributed by atoms with Crippen molar-refractivity contribution in [2.45, 2.75) is 26.4 Å². The Morgan fingerprint density at radius 1 is 0.944 bits per heavy atom. The quantitative estimate of drug-likeness (QED) is 0.874. The second kappa shape index (κ2) is 5.69. The SMILES string of the molecule is CC(C)c1ccccc1Oc1ccccc1CO. The van der Waals surface area contributed by atoms with Crippen LogP contribution in [0, 0.1) is 0 Å². The average molecular weight is 242 g/mol. The van der Waals surface area contributed by atoms with Crippen LogP contribution in [-0.2, 0) is 6.61 Å². The Morgan fingerprint density at radius 2 is 1.56 bits per heavy atom. The van der Waals surface area contributed by atoms with Gasteiger partial charge in [0.05, 0.1) is 6.61 Å². The van der Waals surface area contributed by atoms with Gasteiger partial charge in [-0.1, -0.05) is 50.2 Å². The highest BCUT2D eigenvalue weighted by atomic mass is 16.5. The van der Waals surface area contributed by atoms with Crippen LogP contribution in [0.25, 0.3) is 0 Å². The summed E-state index contributed by atoms with van der Waals surface area (Å²) in [6.45, 7) is 4.26. The molecule has 0 saturated heterocycles. The Labute approximate surface area is 108 Å². The van der Waals surface area contributed by atoms with Crippen LogP contribution in [0.2, 0.25) is 0 Å². The minimum atomic E-state index is -0.0139. The first-order chi connectivity index (χ1) is 8.72. The number of ether oxygens (including phenoxy) is 1. The van der Waals surface area contributed by atoms with E-state index in [-0.39, 0.29) is 6.61 Å². The van der Waals surface area contributed by atoms with Crippen molar-refractivity contribution in [3.05, 3.63) is 59.7 Å². The predicted molar refractivity (Wildman–Crippen MR) is 73.0 cm³/mol. The van der Waals surface area contributed by atoms with Gasteiger partial charge in [-0.05, 0) is 23.6 Å². The van der Waals surface area contributed by atoms with Crippen molar-refractivity contribution < 1.29 is 9.84 Å². The van der Waals surface area contributed by atoms with E-state index in [1.54, 1.807) is 0 Å². The summed E-state index contributed by atoms with van der Waals surface area (Å²) < 4.78 is 5.93. The summed E-state index contributed by atoms with van der Waals surface area (Å²) in [5.74, 6) is 1.98. The second-order valence-corrected chi connectivity index (χ2v) is 4.56. The lowest BCUT2D eigenvalue weighted by molar-refractivity contribution is 0.276. The summed E-state index contributed by atoms with van der Waals surface area (Å²) in [6, 6.07) is 15.6. The first-order valence-corrected chi connectivity index (χ1v) is 6.18. The highest BCUT2D eigenvalue weighted by molar-refractivity contribution is 5.42. The fraction of sp³-hybridized carbons (Fsp3) is 0.250. The van der Waals surface area contributed by atoms with E-state index < -0.39 is 0 Å². The van der Waals surface area contributed by atoms with Crippen LogP contribution >= 0.6 is 0 Å². The summed E-state index contributed by atoms with van der Waals surface area (Å²) in [4.78, 5) is 0. The fourth-order valence-corrected chi connectivity index (χ4v) is 1.90. The molecular weight excluding hydrogens is 224 g/mol. The van der Waals surface area contributed by atoms with Gasteiger partial charge in [-0.2, -0.15) is 0 Å². The van der Waals surface area contributed by atoms with Gasteiger partial charge in [0.2, 0.25) is 0 Å². The van der Waals surface area contributed by atoms with Crippen molar-refractivity contribution in [2.24, 2.45) is 0 Å². The molecule has 0 amide bonds. The molecule has 0 unspecified atom stereocenters. The molecule has 2 rings (SSSR count). The third kappa shape index (κ3) is 2.71. The van der Waals surface area contributed by atoms with Crippen molar-refractivity contribution in [2.75, 3.05) is 0 Å². The molecule has 0 aliphatic heterocycles. The maximum atomic E-state index is 9.29. The molecular formula is C16H18O2. The van der Waals surface area contributed by atoms with Gasteiger partial charge in [0.15, 0.2) is 0 Å². The third-order valence-electron chi connectivity index (χ3n) is 2.90. The highest BCUT2D eigenvalue weighted by Crippen LogP contribution is 2.31. The summed E-state index contributed by atoms with van der Waals surface area (Å²) in [5.41, 5.74) is 1.97. The third-order valence-corrected chi connectivity index (χ3v) is 2.90. The molecule has 0 aromatic heterocycles. The molecule has 0 spiro atoms. The largest absolute Gasteiger partial charge is 0.457 e. The smallest absolute Gasteiger partial charge is 0.132 e. The van der Waals surface area contributed by atoms with Crippen LogP contribution in [0.5, 0.6) is 11.5 Å². The first kappa shape index (κ1) is 12.7. The molecule has 2 heteroatoms. The number of hydrogen-bond donors (Lipinski definition) is 1. The minimum Gasteiger partial charge on any atom is -0.457 e. The van der Waals surface area contributed by atoms with Gasteiger partial charge in [-0.25, -0.2) is 0 Å². The maximum Gasteiger partial charge on any atom is 0.132 e. The highest BCUT2D eigenvalue weighted by Gasteiger charge is 2.09. The van der Waals surface area contributed by atoms with Gasteiger partial charge in [-0.15, -0.1) is 0 Å². The number of benzene rings is 2. The molecule has 0 fully saturated rings. The summed E-state index contributed by atoms with van der Waals surface area (Å²) in [6.07, 6.45) is 0. The summed E-state index contributed by atoms with van der Waals surface area (Å²) >= 11 is 0. The Bertz CT molecular complexity index is 518. The lowest BCUT2D eigenvalue weighted by atomic mass is 10.0. The zero-order chi connectivity index (χ0) is 13.0. The van der Waals surface area contributed by atoms with Crippen molar-refractivity contribution in [1.82, 2.24) is 0 Å². The molecule has 2 aromatic carbocycles. The van der Waals surface area contributed by atoms with E-state index >= 15 is 0 Å². The Hall–Kier alpha value is -1.80. The van der Waals surface area contributed by atoms with Gasteiger partial charge >= 0.3 is 0 Å². The molecule has 0 atom stereocenters. The van der Waals surface area contributed by atoms with Crippen LogP contribution in [0.3, 0.4) is 0 Å². The zero-order valence-corrected chi connectivity index (χ0v) is 10.8. The molecule has 0 radical (unpaired) electrons. The number of hydrogen-bond acceptors (Lipinski definition) is 2. The van der Waals surface area contributed by atoms with E-state index in [0.717, 1.165) is 11.3 Å². The van der Waals surface area contributed by atoms with Crippen molar-refractivity contribution >= 4 is 0 Å². The van der Waals surface area contributed by atoms with Crippen LogP contribution in [0.1, 0.15) is 30.9 Å². The monoisotopic (exact) mass is 242 g/mol. The Balaban J connectivity index is 2.34. The van der Waals surface area contributed by atoms with E-state index in [1.807, 2.05) is 42.5 Å². The van der Waals surface area contributed by atoms with Crippen LogP contribution in [0.4, 0.5) is 0 Å². The Morgan fingerprint density at radius 3 is 2.22 bits per heavy atom. The van der Waals surface area contributed by atoms with Gasteiger partial charge in [0, 0.05) is 5.56 Å². The number of para-hydroxylation sites is 2. The maximum absolute atomic E-state index is 9.29. The van der Waals surface area contributed by atoms with E-state index in [2.05, 4.69) is 19.9 Å². The number of aliphatic hydroxyl groups is 1. The van der Waals surface area contributed by atoms with Crippen molar-refractivity contribution in [3.63, 3.8) is 0 Å². The topological polar surface area (TPSA) is 29.5 Å². The molecule has 0 heterocycles. The van der Waals surface area contributed by atoms with Crippen molar-refractivity contribution in [3.8, 4) is 11.5 Å². The first-order valence-electron chi connectivity index (χ1n) is 6.18. The standard InChI is InChI=1S/C16H18O2/c1-12(2)14-8-4-6-10-16(14)18-15-9-5-3-7-13(15)11-17/h3-10,12,17H,11H2,1-2H3. The van der Waals surface area contributed by atoms with E-state index in [9.17, 15) is 5.11 Å². The fourth-order valence-electron chi connectivity index (χ4n) is 1.90. The van der Waals surface area contributed by atoms with Gasteiger partial charge in [-0.3, -0.25) is 0 Å². The minimum absolute atomic E-state index is 0.0139. The summed E-state index contributed by atoms with van der Waals surface area (Å²) in [7, 11) is 0. The van der Waals surface area contributed by atoms with Gasteiger partial charge < -0.3 is 9.84 Å². The van der Waals surface area contributed by atoms with E-state index in [1.165, 1.54) is 5.56 Å². The molecule has 0 saturated carbocycles. The van der Waals surface area contributed by atoms with Crippen molar-refractivity contribution in [1.29, 1.82) is 0 Å². The van der Waals surface area contributed by atoms with E-state index in [0.29, 0.717) is 11.7 Å². The van der Waals surface area contributed by atoms with Crippen LogP contribution in [-0.4, -0.2) is 5.11 Å². The molecule has 18 heavy (non-hydrogen) atoms. The predicted octanol–water partition coefficient (Wildman–Crippen LogP) is 4.09. The molecule has 1 N–H and O–H groups in total. The van der Waals surface area contributed by atoms with Gasteiger partial charge in [0.1, 0.15) is 11.5 Å². The lowest BCUT2D eigenvalue weighted by Gasteiger charge is -2.15. The second-order valence-electron chi connectivity index (χ2n) is 4.56. The molecule has 2 nitrogen and oxygen atoms in total. The molecule has 0 aliphatic carbocycles. The normalized spacial score (nSPS) is 10.7. The average Bonchev–Trinajstić information content (AvgIpc) is 2.40. The van der Waals surface area contributed by atoms with Crippen LogP contribution in [0.15, 0.2) is 48.5 Å². The number of aliphatic hydroxyl groups excluding tert-OH is 1. The zero-order valence-electron chi connectivity index (χ0n) is 10.8. The number of rotatable bonds is 4. The van der Waals surface area contributed by atoms with Crippen LogP contribution < -0.4 is 4.74 Å². The molecule has 94 valence electrons. The Kier molecular flexibility index (Phi) is 4.00. The van der Waals surface area contributed by atoms with E-state index in [4.69, 9.17) is 4.74 Å². The molecule has 0 bridgehead atoms. The lowest BCUT2D eigenvalue weighted by Crippen LogP contribution is -1.96. The molecule has 0 aliphatic rings. The molecule has 2 aromatic rings.